The SMILES string of the molecule is O=C(NCCC1CCCN1)C1CCCCO1. The van der Waals surface area contributed by atoms with E-state index in [2.05, 4.69) is 10.6 Å². The number of amides is 1. The van der Waals surface area contributed by atoms with E-state index in [-0.39, 0.29) is 12.0 Å². The number of carbonyl (C=O) groups is 1. The Bertz CT molecular complexity index is 221. The molecule has 2 atom stereocenters. The maximum atomic E-state index is 11.7. The third kappa shape index (κ3) is 3.46. The van der Waals surface area contributed by atoms with E-state index in [9.17, 15) is 4.79 Å². The monoisotopic (exact) mass is 226 g/mol. The van der Waals surface area contributed by atoms with Gasteiger partial charge in [-0.2, -0.15) is 0 Å². The van der Waals surface area contributed by atoms with Crippen LogP contribution in [0.3, 0.4) is 0 Å². The topological polar surface area (TPSA) is 50.4 Å². The second-order valence-corrected chi connectivity index (χ2v) is 4.73. The first-order valence-corrected chi connectivity index (χ1v) is 6.49. The molecule has 2 saturated heterocycles. The molecular formula is C12H22N2O2. The summed E-state index contributed by atoms with van der Waals surface area (Å²) in [4.78, 5) is 11.7. The molecule has 0 aromatic heterocycles. The van der Waals surface area contributed by atoms with Crippen molar-refractivity contribution in [3.8, 4) is 0 Å². The van der Waals surface area contributed by atoms with Crippen molar-refractivity contribution >= 4 is 5.91 Å². The molecule has 0 aromatic rings. The van der Waals surface area contributed by atoms with Crippen LogP contribution in [0.2, 0.25) is 0 Å². The Morgan fingerprint density at radius 2 is 2.25 bits per heavy atom. The minimum atomic E-state index is -0.190. The van der Waals surface area contributed by atoms with E-state index in [1.807, 2.05) is 0 Å². The summed E-state index contributed by atoms with van der Waals surface area (Å²) in [7, 11) is 0. The summed E-state index contributed by atoms with van der Waals surface area (Å²) < 4.78 is 5.43. The summed E-state index contributed by atoms with van der Waals surface area (Å²) in [6, 6.07) is 0.604. The third-order valence-electron chi connectivity index (χ3n) is 3.43. The molecule has 1 amide bonds. The van der Waals surface area contributed by atoms with Gasteiger partial charge in [0.2, 0.25) is 5.91 Å². The molecule has 92 valence electrons. The summed E-state index contributed by atoms with van der Waals surface area (Å²) in [6.45, 7) is 2.64. The quantitative estimate of drug-likeness (QED) is 0.746. The van der Waals surface area contributed by atoms with Crippen molar-refractivity contribution in [2.75, 3.05) is 19.7 Å². The Balaban J connectivity index is 1.59. The van der Waals surface area contributed by atoms with E-state index in [0.717, 1.165) is 45.4 Å². The fourth-order valence-electron chi connectivity index (χ4n) is 2.43. The van der Waals surface area contributed by atoms with Gasteiger partial charge in [-0.1, -0.05) is 0 Å². The highest BCUT2D eigenvalue weighted by Crippen LogP contribution is 2.13. The van der Waals surface area contributed by atoms with Gasteiger partial charge in [0.1, 0.15) is 6.10 Å². The van der Waals surface area contributed by atoms with Crippen LogP contribution in [0.15, 0.2) is 0 Å². The molecule has 2 heterocycles. The van der Waals surface area contributed by atoms with Crippen molar-refractivity contribution in [3.63, 3.8) is 0 Å². The molecular weight excluding hydrogens is 204 g/mol. The standard InChI is InChI=1S/C12H22N2O2/c15-12(11-5-1-2-9-16-11)14-8-6-10-4-3-7-13-10/h10-11,13H,1-9H2,(H,14,15). The molecule has 0 spiro atoms. The van der Waals surface area contributed by atoms with E-state index < -0.39 is 0 Å². The molecule has 0 radical (unpaired) electrons. The largest absolute Gasteiger partial charge is 0.368 e. The van der Waals surface area contributed by atoms with Gasteiger partial charge >= 0.3 is 0 Å². The van der Waals surface area contributed by atoms with Crippen LogP contribution in [-0.4, -0.2) is 37.7 Å². The molecule has 0 aliphatic carbocycles. The number of hydrogen-bond donors (Lipinski definition) is 2. The van der Waals surface area contributed by atoms with E-state index in [1.165, 1.54) is 12.8 Å². The fourth-order valence-corrected chi connectivity index (χ4v) is 2.43. The summed E-state index contributed by atoms with van der Waals surface area (Å²) in [5, 5.41) is 6.40. The highest BCUT2D eigenvalue weighted by atomic mass is 16.5. The molecule has 4 heteroatoms. The molecule has 2 aliphatic rings. The Hall–Kier alpha value is -0.610. The molecule has 0 saturated carbocycles. The van der Waals surface area contributed by atoms with Crippen LogP contribution >= 0.6 is 0 Å². The zero-order valence-corrected chi connectivity index (χ0v) is 9.84. The van der Waals surface area contributed by atoms with Crippen LogP contribution in [-0.2, 0) is 9.53 Å². The maximum Gasteiger partial charge on any atom is 0.249 e. The summed E-state index contributed by atoms with van der Waals surface area (Å²) >= 11 is 0. The lowest BCUT2D eigenvalue weighted by Crippen LogP contribution is -2.40. The van der Waals surface area contributed by atoms with Gasteiger partial charge in [-0.3, -0.25) is 4.79 Å². The number of nitrogens with one attached hydrogen (secondary N) is 2. The molecule has 2 N–H and O–H groups in total. The molecule has 2 aliphatic heterocycles. The highest BCUT2D eigenvalue weighted by molar-refractivity contribution is 5.80. The first kappa shape index (κ1) is 11.9. The Labute approximate surface area is 97.1 Å². The number of hydrogen-bond acceptors (Lipinski definition) is 3. The number of ether oxygens (including phenoxy) is 1. The van der Waals surface area contributed by atoms with Crippen LogP contribution in [0.25, 0.3) is 0 Å². The minimum Gasteiger partial charge on any atom is -0.368 e. The van der Waals surface area contributed by atoms with Gasteiger partial charge in [-0.25, -0.2) is 0 Å². The molecule has 2 rings (SSSR count). The normalized spacial score (nSPS) is 30.2. The molecule has 4 nitrogen and oxygen atoms in total. The fraction of sp³-hybridized carbons (Fsp3) is 0.917. The Morgan fingerprint density at radius 1 is 1.31 bits per heavy atom. The zero-order chi connectivity index (χ0) is 11.2. The minimum absolute atomic E-state index is 0.0812. The van der Waals surface area contributed by atoms with Crippen molar-refractivity contribution in [3.05, 3.63) is 0 Å². The van der Waals surface area contributed by atoms with Crippen molar-refractivity contribution in [2.24, 2.45) is 0 Å². The smallest absolute Gasteiger partial charge is 0.249 e. The zero-order valence-electron chi connectivity index (χ0n) is 9.84. The van der Waals surface area contributed by atoms with Crippen LogP contribution < -0.4 is 10.6 Å². The van der Waals surface area contributed by atoms with E-state index in [1.54, 1.807) is 0 Å². The van der Waals surface area contributed by atoms with Crippen molar-refractivity contribution in [1.82, 2.24) is 10.6 Å². The summed E-state index contributed by atoms with van der Waals surface area (Å²) in [5.74, 6) is 0.0812. The predicted octanol–water partition coefficient (Wildman–Crippen LogP) is 0.814. The molecule has 16 heavy (non-hydrogen) atoms. The Morgan fingerprint density at radius 3 is 2.94 bits per heavy atom. The lowest BCUT2D eigenvalue weighted by molar-refractivity contribution is -0.135. The lowest BCUT2D eigenvalue weighted by atomic mass is 10.1. The number of carbonyl (C=O) groups excluding carboxylic acids is 1. The molecule has 0 bridgehead atoms. The molecule has 2 unspecified atom stereocenters. The van der Waals surface area contributed by atoms with E-state index in [4.69, 9.17) is 4.74 Å². The van der Waals surface area contributed by atoms with Crippen LogP contribution in [0.1, 0.15) is 38.5 Å². The van der Waals surface area contributed by atoms with E-state index in [0.29, 0.717) is 6.04 Å². The van der Waals surface area contributed by atoms with Crippen molar-refractivity contribution in [1.29, 1.82) is 0 Å². The van der Waals surface area contributed by atoms with E-state index >= 15 is 0 Å². The van der Waals surface area contributed by atoms with Crippen LogP contribution in [0.5, 0.6) is 0 Å². The van der Waals surface area contributed by atoms with Gasteiger partial charge in [0.15, 0.2) is 0 Å². The third-order valence-corrected chi connectivity index (χ3v) is 3.43. The van der Waals surface area contributed by atoms with Gasteiger partial charge in [-0.15, -0.1) is 0 Å². The maximum absolute atomic E-state index is 11.7. The highest BCUT2D eigenvalue weighted by Gasteiger charge is 2.21. The van der Waals surface area contributed by atoms with Crippen LogP contribution in [0, 0.1) is 0 Å². The van der Waals surface area contributed by atoms with Gasteiger partial charge in [0, 0.05) is 19.2 Å². The molecule has 2 fully saturated rings. The average molecular weight is 226 g/mol. The number of rotatable bonds is 4. The summed E-state index contributed by atoms with van der Waals surface area (Å²) in [6.07, 6.45) is 6.45. The van der Waals surface area contributed by atoms with Crippen molar-refractivity contribution in [2.45, 2.75) is 50.7 Å². The van der Waals surface area contributed by atoms with Crippen LogP contribution in [0.4, 0.5) is 0 Å². The predicted molar refractivity (Wildman–Crippen MR) is 62.2 cm³/mol. The lowest BCUT2D eigenvalue weighted by Gasteiger charge is -2.22. The van der Waals surface area contributed by atoms with Gasteiger partial charge in [0.25, 0.3) is 0 Å². The Kier molecular flexibility index (Phi) is 4.60. The molecule has 0 aromatic carbocycles. The van der Waals surface area contributed by atoms with Gasteiger partial charge in [-0.05, 0) is 45.1 Å². The summed E-state index contributed by atoms with van der Waals surface area (Å²) in [5.41, 5.74) is 0. The van der Waals surface area contributed by atoms with Gasteiger partial charge in [0.05, 0.1) is 0 Å². The second kappa shape index (κ2) is 6.21. The average Bonchev–Trinajstić information content (AvgIpc) is 2.83. The second-order valence-electron chi connectivity index (χ2n) is 4.73. The first-order chi connectivity index (χ1) is 7.86. The van der Waals surface area contributed by atoms with Crippen molar-refractivity contribution < 1.29 is 9.53 Å². The van der Waals surface area contributed by atoms with Gasteiger partial charge < -0.3 is 15.4 Å². The first-order valence-electron chi connectivity index (χ1n) is 6.49.